The maximum absolute atomic E-state index is 2.48. The Bertz CT molecular complexity index is 2650. The topological polar surface area (TPSA) is 4.93 Å². The first-order chi connectivity index (χ1) is 23.8. The van der Waals surface area contributed by atoms with Crippen LogP contribution in [0.2, 0.25) is 0 Å². The molecule has 49 heavy (non-hydrogen) atoms. The Morgan fingerprint density at radius 2 is 0.898 bits per heavy atom. The van der Waals surface area contributed by atoms with Crippen molar-refractivity contribution in [2.75, 3.05) is 0 Å². The molecule has 1 nitrogen and oxygen atoms in total. The summed E-state index contributed by atoms with van der Waals surface area (Å²) in [5.74, 6) is 0. The summed E-state index contributed by atoms with van der Waals surface area (Å²) < 4.78 is 2.47. The lowest BCUT2D eigenvalue weighted by atomic mass is 9.81. The highest BCUT2D eigenvalue weighted by Crippen LogP contribution is 2.52. The molecule has 1 heterocycles. The van der Waals surface area contributed by atoms with Crippen LogP contribution in [0.15, 0.2) is 152 Å². The van der Waals surface area contributed by atoms with Gasteiger partial charge in [-0.05, 0) is 104 Å². The lowest BCUT2D eigenvalue weighted by Crippen LogP contribution is -2.15. The third kappa shape index (κ3) is 3.88. The van der Waals surface area contributed by atoms with E-state index in [-0.39, 0.29) is 10.8 Å². The number of para-hydroxylation sites is 2. The van der Waals surface area contributed by atoms with Crippen LogP contribution in [-0.4, -0.2) is 4.57 Å². The van der Waals surface area contributed by atoms with E-state index in [1.165, 1.54) is 94.3 Å². The summed E-state index contributed by atoms with van der Waals surface area (Å²) in [6.45, 7) is 9.49. The van der Waals surface area contributed by atoms with Gasteiger partial charge < -0.3 is 4.57 Å². The molecule has 0 aliphatic heterocycles. The van der Waals surface area contributed by atoms with Crippen molar-refractivity contribution in [3.63, 3.8) is 0 Å². The van der Waals surface area contributed by atoms with Crippen LogP contribution in [0.25, 0.3) is 72.0 Å². The molecular formula is C48H37N. The van der Waals surface area contributed by atoms with E-state index in [0.29, 0.717) is 0 Å². The molecule has 0 N–H and O–H groups in total. The van der Waals surface area contributed by atoms with E-state index in [1.807, 2.05) is 0 Å². The SMILES string of the molecule is CC1(C)c2ccccc2-c2ccc(-c3cc(-c4ccc5c(c4)C(C)(C)c4ccccc4-5)c4c(c3)c3ccccc3n4-c3ccccc3)cc21. The van der Waals surface area contributed by atoms with Crippen molar-refractivity contribution in [1.29, 1.82) is 0 Å². The van der Waals surface area contributed by atoms with Gasteiger partial charge in [-0.3, -0.25) is 0 Å². The van der Waals surface area contributed by atoms with E-state index in [2.05, 4.69) is 184 Å². The molecule has 0 unspecified atom stereocenters. The van der Waals surface area contributed by atoms with E-state index in [1.54, 1.807) is 0 Å². The van der Waals surface area contributed by atoms with Crippen molar-refractivity contribution < 1.29 is 0 Å². The number of benzene rings is 7. The zero-order chi connectivity index (χ0) is 33.1. The van der Waals surface area contributed by atoms with E-state index in [9.17, 15) is 0 Å². The van der Waals surface area contributed by atoms with Gasteiger partial charge in [-0.2, -0.15) is 0 Å². The highest BCUT2D eigenvalue weighted by atomic mass is 15.0. The molecule has 7 aromatic carbocycles. The smallest absolute Gasteiger partial charge is 0.0619 e. The van der Waals surface area contributed by atoms with Gasteiger partial charge in [-0.15, -0.1) is 0 Å². The van der Waals surface area contributed by atoms with Gasteiger partial charge in [-0.25, -0.2) is 0 Å². The molecule has 0 bridgehead atoms. The van der Waals surface area contributed by atoms with Gasteiger partial charge in [0, 0.05) is 32.9 Å². The minimum atomic E-state index is -0.0780. The van der Waals surface area contributed by atoms with Crippen molar-refractivity contribution >= 4 is 21.8 Å². The van der Waals surface area contributed by atoms with Crippen LogP contribution in [-0.2, 0) is 10.8 Å². The van der Waals surface area contributed by atoms with E-state index in [0.717, 1.165) is 0 Å². The Balaban J connectivity index is 1.27. The van der Waals surface area contributed by atoms with Crippen molar-refractivity contribution in [2.24, 2.45) is 0 Å². The van der Waals surface area contributed by atoms with Crippen LogP contribution >= 0.6 is 0 Å². The van der Waals surface area contributed by atoms with Crippen molar-refractivity contribution in [3.05, 3.63) is 174 Å². The van der Waals surface area contributed by atoms with E-state index >= 15 is 0 Å². The quantitative estimate of drug-likeness (QED) is 0.184. The Hall–Kier alpha value is -5.66. The van der Waals surface area contributed by atoms with Crippen molar-refractivity contribution in [1.82, 2.24) is 4.57 Å². The fraction of sp³-hybridized carbons (Fsp3) is 0.125. The van der Waals surface area contributed by atoms with Crippen LogP contribution in [0.5, 0.6) is 0 Å². The third-order valence-electron chi connectivity index (χ3n) is 11.6. The summed E-state index contributed by atoms with van der Waals surface area (Å²) in [5, 5.41) is 2.55. The van der Waals surface area contributed by atoms with Gasteiger partial charge in [-0.1, -0.05) is 137 Å². The molecule has 1 aromatic heterocycles. The second-order valence-electron chi connectivity index (χ2n) is 15.0. The number of nitrogens with zero attached hydrogens (tertiary/aromatic N) is 1. The van der Waals surface area contributed by atoms with Gasteiger partial charge in [0.1, 0.15) is 0 Å². The molecule has 2 aliphatic carbocycles. The standard InChI is InChI=1S/C48H37N/c1-47(2)41-19-11-8-16-34(41)36-24-22-30(28-43(36)47)32-26-39(31-23-25-37-35-17-9-12-20-42(35)48(3,4)44(37)29-31)46-40(27-32)38-18-10-13-21-45(38)49(46)33-14-6-5-7-15-33/h5-29H,1-4H3. The Morgan fingerprint density at radius 3 is 1.57 bits per heavy atom. The van der Waals surface area contributed by atoms with Gasteiger partial charge in [0.2, 0.25) is 0 Å². The average Bonchev–Trinajstić information content (AvgIpc) is 3.68. The Morgan fingerprint density at radius 1 is 0.367 bits per heavy atom. The number of hydrogen-bond donors (Lipinski definition) is 0. The molecule has 0 saturated carbocycles. The zero-order valence-electron chi connectivity index (χ0n) is 28.4. The van der Waals surface area contributed by atoms with Crippen LogP contribution in [0.1, 0.15) is 49.9 Å². The molecule has 0 saturated heterocycles. The second-order valence-corrected chi connectivity index (χ2v) is 15.0. The van der Waals surface area contributed by atoms with E-state index < -0.39 is 0 Å². The Labute approximate surface area is 288 Å². The fourth-order valence-corrected chi connectivity index (χ4v) is 9.09. The highest BCUT2D eigenvalue weighted by Gasteiger charge is 2.37. The van der Waals surface area contributed by atoms with Crippen molar-refractivity contribution in [2.45, 2.75) is 38.5 Å². The van der Waals surface area contributed by atoms with Crippen LogP contribution in [0.3, 0.4) is 0 Å². The van der Waals surface area contributed by atoms with Gasteiger partial charge in [0.25, 0.3) is 0 Å². The third-order valence-corrected chi connectivity index (χ3v) is 11.6. The predicted molar refractivity (Wildman–Crippen MR) is 207 cm³/mol. The maximum Gasteiger partial charge on any atom is 0.0619 e. The van der Waals surface area contributed by atoms with Crippen LogP contribution in [0.4, 0.5) is 0 Å². The van der Waals surface area contributed by atoms with Crippen molar-refractivity contribution in [3.8, 4) is 50.2 Å². The molecule has 10 rings (SSSR count). The Kier molecular flexibility index (Phi) is 5.75. The molecule has 0 atom stereocenters. The maximum atomic E-state index is 2.48. The lowest BCUT2D eigenvalue weighted by Gasteiger charge is -2.23. The molecule has 2 aliphatic rings. The molecule has 0 fully saturated rings. The zero-order valence-corrected chi connectivity index (χ0v) is 28.4. The van der Waals surface area contributed by atoms with E-state index in [4.69, 9.17) is 0 Å². The lowest BCUT2D eigenvalue weighted by molar-refractivity contribution is 0.660. The number of fused-ring (bicyclic) bond motifs is 9. The van der Waals surface area contributed by atoms with Crippen LogP contribution < -0.4 is 0 Å². The summed E-state index contributed by atoms with van der Waals surface area (Å²) >= 11 is 0. The fourth-order valence-electron chi connectivity index (χ4n) is 9.09. The van der Waals surface area contributed by atoms with Gasteiger partial charge >= 0.3 is 0 Å². The van der Waals surface area contributed by atoms with Gasteiger partial charge in [0.15, 0.2) is 0 Å². The second kappa shape index (κ2) is 9.94. The molecule has 234 valence electrons. The molecule has 0 radical (unpaired) electrons. The predicted octanol–water partition coefficient (Wildman–Crippen LogP) is 12.7. The number of hydrogen-bond acceptors (Lipinski definition) is 0. The first-order valence-corrected chi connectivity index (χ1v) is 17.4. The highest BCUT2D eigenvalue weighted by molar-refractivity contribution is 6.15. The summed E-state index contributed by atoms with van der Waals surface area (Å²) in [6, 6.07) is 56.8. The first kappa shape index (κ1) is 28.4. The summed E-state index contributed by atoms with van der Waals surface area (Å²) in [4.78, 5) is 0. The number of rotatable bonds is 3. The largest absolute Gasteiger partial charge is 0.309 e. The summed E-state index contributed by atoms with van der Waals surface area (Å²) in [6.07, 6.45) is 0. The summed E-state index contributed by atoms with van der Waals surface area (Å²) in [5.41, 5.74) is 19.5. The molecule has 0 spiro atoms. The number of aromatic nitrogens is 1. The minimum Gasteiger partial charge on any atom is -0.309 e. The average molecular weight is 628 g/mol. The first-order valence-electron chi connectivity index (χ1n) is 17.4. The summed E-state index contributed by atoms with van der Waals surface area (Å²) in [7, 11) is 0. The molecule has 8 aromatic rings. The monoisotopic (exact) mass is 627 g/mol. The molecular weight excluding hydrogens is 591 g/mol. The van der Waals surface area contributed by atoms with Gasteiger partial charge in [0.05, 0.1) is 11.0 Å². The minimum absolute atomic E-state index is 0.0568. The molecule has 0 amide bonds. The van der Waals surface area contributed by atoms with Crippen LogP contribution in [0, 0.1) is 0 Å². The molecule has 1 heteroatoms. The normalized spacial score (nSPS) is 14.9.